The quantitative estimate of drug-likeness (QED) is 0.185. The molecule has 0 atom stereocenters. The minimum atomic E-state index is -0.160. The van der Waals surface area contributed by atoms with Crippen LogP contribution in [0.15, 0.2) is 160 Å². The molecule has 0 bridgehead atoms. The Morgan fingerprint density at radius 2 is 0.962 bits per heavy atom. The Balaban J connectivity index is 1.17. The molecular weight excluding hydrogens is 651 g/mol. The Labute approximate surface area is 305 Å². The van der Waals surface area contributed by atoms with Crippen molar-refractivity contribution in [3.63, 3.8) is 0 Å². The second-order valence-corrected chi connectivity index (χ2v) is 14.3. The molecule has 1 aliphatic carbocycles. The number of benzene rings is 7. The van der Waals surface area contributed by atoms with Gasteiger partial charge in [0.25, 0.3) is 0 Å². The van der Waals surface area contributed by atoms with Gasteiger partial charge in [-0.3, -0.25) is 0 Å². The van der Waals surface area contributed by atoms with Crippen LogP contribution in [-0.4, -0.2) is 15.0 Å². The molecule has 250 valence electrons. The maximum atomic E-state index is 6.54. The highest BCUT2D eigenvalue weighted by Gasteiger charge is 2.37. The summed E-state index contributed by atoms with van der Waals surface area (Å²) in [5.41, 5.74) is 13.0. The second-order valence-electron chi connectivity index (χ2n) is 14.3. The smallest absolute Gasteiger partial charge is 0.164 e. The van der Waals surface area contributed by atoms with Crippen LogP contribution in [0.1, 0.15) is 25.0 Å². The minimum absolute atomic E-state index is 0.160. The molecule has 1 aliphatic rings. The fraction of sp³-hybridized carbons (Fsp3) is 0.0625. The van der Waals surface area contributed by atoms with Gasteiger partial charge < -0.3 is 8.83 Å². The van der Waals surface area contributed by atoms with E-state index in [1.165, 1.54) is 22.3 Å². The van der Waals surface area contributed by atoms with Gasteiger partial charge in [0.15, 0.2) is 17.5 Å². The summed E-state index contributed by atoms with van der Waals surface area (Å²) in [6, 6.07) is 52.4. The van der Waals surface area contributed by atoms with Gasteiger partial charge in [-0.05, 0) is 63.7 Å². The topological polar surface area (TPSA) is 65.0 Å². The van der Waals surface area contributed by atoms with Gasteiger partial charge in [0.1, 0.15) is 22.3 Å². The van der Waals surface area contributed by atoms with E-state index < -0.39 is 0 Å². The van der Waals surface area contributed by atoms with Crippen LogP contribution in [0.2, 0.25) is 0 Å². The Morgan fingerprint density at radius 3 is 1.81 bits per heavy atom. The molecule has 0 N–H and O–H groups in total. The molecule has 0 spiro atoms. The second kappa shape index (κ2) is 11.1. The van der Waals surface area contributed by atoms with Crippen LogP contribution in [0, 0.1) is 0 Å². The van der Waals surface area contributed by atoms with E-state index in [1.54, 1.807) is 0 Å². The van der Waals surface area contributed by atoms with Crippen molar-refractivity contribution in [1.29, 1.82) is 0 Å². The standard InChI is InChI=1S/C48H31N3O2/c1-48(2)36-20-8-6-15-31(36)42-34(18-10-21-37(42)48)46-49-45(50-47(51-46)35-19-12-24-40-44(35)32-16-7-9-22-38(32)52-40)29-25-26-33-41(27-29)53-39-23-11-17-30(43(33)39)28-13-4-3-5-14-28/h3-27H,1-2H3. The Kier molecular flexibility index (Phi) is 6.23. The third-order valence-electron chi connectivity index (χ3n) is 11.0. The van der Waals surface area contributed by atoms with Crippen LogP contribution in [0.3, 0.4) is 0 Å². The minimum Gasteiger partial charge on any atom is -0.456 e. The fourth-order valence-electron chi connectivity index (χ4n) is 8.47. The summed E-state index contributed by atoms with van der Waals surface area (Å²) >= 11 is 0. The average molecular weight is 682 g/mol. The van der Waals surface area contributed by atoms with E-state index >= 15 is 0 Å². The number of nitrogens with zero attached hydrogens (tertiary/aromatic N) is 3. The molecule has 5 heteroatoms. The van der Waals surface area contributed by atoms with Crippen LogP contribution in [0.5, 0.6) is 0 Å². The normalized spacial score (nSPS) is 13.2. The van der Waals surface area contributed by atoms with Crippen molar-refractivity contribution >= 4 is 43.9 Å². The Hall–Kier alpha value is -6.85. The number of para-hydroxylation sites is 1. The van der Waals surface area contributed by atoms with Crippen LogP contribution in [0.4, 0.5) is 0 Å². The first-order valence-electron chi connectivity index (χ1n) is 17.9. The summed E-state index contributed by atoms with van der Waals surface area (Å²) in [6.07, 6.45) is 0. The van der Waals surface area contributed by atoms with Crippen molar-refractivity contribution < 1.29 is 8.83 Å². The molecule has 0 aliphatic heterocycles. The third-order valence-corrected chi connectivity index (χ3v) is 11.0. The number of rotatable bonds is 4. The highest BCUT2D eigenvalue weighted by Crippen LogP contribution is 2.52. The van der Waals surface area contributed by atoms with E-state index in [2.05, 4.69) is 123 Å². The number of hydrogen-bond donors (Lipinski definition) is 0. The molecule has 7 aromatic carbocycles. The summed E-state index contributed by atoms with van der Waals surface area (Å²) in [7, 11) is 0. The van der Waals surface area contributed by atoms with E-state index in [9.17, 15) is 0 Å². The highest BCUT2D eigenvalue weighted by molar-refractivity contribution is 6.13. The van der Waals surface area contributed by atoms with Crippen LogP contribution >= 0.6 is 0 Å². The van der Waals surface area contributed by atoms with Crippen molar-refractivity contribution in [2.75, 3.05) is 0 Å². The van der Waals surface area contributed by atoms with Gasteiger partial charge in [-0.2, -0.15) is 0 Å². The molecule has 53 heavy (non-hydrogen) atoms. The predicted octanol–water partition coefficient (Wildman–Crippen LogP) is 12.6. The van der Waals surface area contributed by atoms with E-state index in [1.807, 2.05) is 42.5 Å². The van der Waals surface area contributed by atoms with Gasteiger partial charge in [0, 0.05) is 43.7 Å². The third kappa shape index (κ3) is 4.40. The molecule has 10 aromatic rings. The molecule has 0 amide bonds. The zero-order valence-corrected chi connectivity index (χ0v) is 29.1. The molecule has 0 unspecified atom stereocenters. The number of aromatic nitrogens is 3. The first kappa shape index (κ1) is 29.8. The molecule has 3 aromatic heterocycles. The van der Waals surface area contributed by atoms with Crippen molar-refractivity contribution in [2.45, 2.75) is 19.3 Å². The first-order chi connectivity index (χ1) is 26.0. The predicted molar refractivity (Wildman–Crippen MR) is 214 cm³/mol. The summed E-state index contributed by atoms with van der Waals surface area (Å²) in [6.45, 7) is 4.59. The Bertz CT molecular complexity index is 3100. The van der Waals surface area contributed by atoms with Gasteiger partial charge in [0.2, 0.25) is 0 Å². The molecule has 11 rings (SSSR count). The Morgan fingerprint density at radius 1 is 0.396 bits per heavy atom. The zero-order valence-electron chi connectivity index (χ0n) is 29.1. The summed E-state index contributed by atoms with van der Waals surface area (Å²) in [5.74, 6) is 1.78. The lowest BCUT2D eigenvalue weighted by molar-refractivity contribution is 0.660. The summed E-state index contributed by atoms with van der Waals surface area (Å²) in [5, 5.41) is 4.15. The maximum absolute atomic E-state index is 6.54. The monoisotopic (exact) mass is 681 g/mol. The van der Waals surface area contributed by atoms with Gasteiger partial charge in [0.05, 0.1) is 0 Å². The summed E-state index contributed by atoms with van der Waals surface area (Å²) in [4.78, 5) is 15.8. The molecule has 0 saturated heterocycles. The van der Waals surface area contributed by atoms with E-state index in [4.69, 9.17) is 23.8 Å². The lowest BCUT2D eigenvalue weighted by Gasteiger charge is -2.21. The van der Waals surface area contributed by atoms with Crippen LogP contribution < -0.4 is 0 Å². The van der Waals surface area contributed by atoms with Gasteiger partial charge in [-0.15, -0.1) is 0 Å². The van der Waals surface area contributed by atoms with Crippen molar-refractivity contribution in [3.8, 4) is 56.4 Å². The first-order valence-corrected chi connectivity index (χ1v) is 17.9. The van der Waals surface area contributed by atoms with E-state index in [0.717, 1.165) is 71.7 Å². The van der Waals surface area contributed by atoms with Gasteiger partial charge in [-0.25, -0.2) is 15.0 Å². The SMILES string of the molecule is CC1(C)c2ccccc2-c2c(-c3nc(-c4ccc5c(c4)oc4cccc(-c6ccccc6)c45)nc(-c4cccc5oc6ccccc6c45)n3)cccc21. The molecule has 3 heterocycles. The molecule has 0 saturated carbocycles. The number of fused-ring (bicyclic) bond motifs is 9. The highest BCUT2D eigenvalue weighted by atomic mass is 16.3. The molecular formula is C48H31N3O2. The van der Waals surface area contributed by atoms with Gasteiger partial charge in [-0.1, -0.05) is 135 Å². The molecule has 5 nitrogen and oxygen atoms in total. The zero-order chi connectivity index (χ0) is 35.3. The summed E-state index contributed by atoms with van der Waals surface area (Å²) < 4.78 is 12.8. The average Bonchev–Trinajstić information content (AvgIpc) is 3.85. The number of furan rings is 2. The maximum Gasteiger partial charge on any atom is 0.164 e. The van der Waals surface area contributed by atoms with Crippen molar-refractivity contribution in [1.82, 2.24) is 15.0 Å². The number of hydrogen-bond acceptors (Lipinski definition) is 5. The largest absolute Gasteiger partial charge is 0.456 e. The van der Waals surface area contributed by atoms with E-state index in [-0.39, 0.29) is 5.41 Å². The molecule has 0 fully saturated rings. The molecule has 0 radical (unpaired) electrons. The van der Waals surface area contributed by atoms with E-state index in [0.29, 0.717) is 17.5 Å². The van der Waals surface area contributed by atoms with Crippen LogP contribution in [0.25, 0.3) is 100 Å². The van der Waals surface area contributed by atoms with Crippen molar-refractivity contribution in [3.05, 3.63) is 163 Å². The fourth-order valence-corrected chi connectivity index (χ4v) is 8.47. The van der Waals surface area contributed by atoms with Crippen LogP contribution in [-0.2, 0) is 5.41 Å². The van der Waals surface area contributed by atoms with Crippen molar-refractivity contribution in [2.24, 2.45) is 0 Å². The van der Waals surface area contributed by atoms with Gasteiger partial charge >= 0.3 is 0 Å². The lowest BCUT2D eigenvalue weighted by atomic mass is 9.82. The lowest BCUT2D eigenvalue weighted by Crippen LogP contribution is -2.14.